The summed E-state index contributed by atoms with van der Waals surface area (Å²) in [5, 5.41) is 11.0. The second-order valence-corrected chi connectivity index (χ2v) is 8.93. The van der Waals surface area contributed by atoms with Crippen molar-refractivity contribution in [3.63, 3.8) is 0 Å². The van der Waals surface area contributed by atoms with E-state index in [-0.39, 0.29) is 18.9 Å². The molecule has 7 nitrogen and oxygen atoms in total. The molecule has 1 aliphatic rings. The number of halogens is 1. The average molecular weight is 456 g/mol. The van der Waals surface area contributed by atoms with E-state index in [2.05, 4.69) is 15.6 Å². The monoisotopic (exact) mass is 455 g/mol. The molecule has 3 aromatic rings. The van der Waals surface area contributed by atoms with E-state index >= 15 is 0 Å². The number of ether oxygens (including phenoxy) is 1. The fraction of sp³-hybridized carbons (Fsp3) is 0.375. The van der Waals surface area contributed by atoms with E-state index in [0.29, 0.717) is 24.7 Å². The third-order valence-corrected chi connectivity index (χ3v) is 6.17. The minimum atomic E-state index is -1.31. The number of aromatic nitrogens is 2. The fourth-order valence-corrected chi connectivity index (χ4v) is 4.16. The molecule has 1 amide bonds. The van der Waals surface area contributed by atoms with Crippen molar-refractivity contribution in [2.45, 2.75) is 45.4 Å². The molecule has 2 aromatic heterocycles. The van der Waals surface area contributed by atoms with Crippen LogP contribution in [-0.4, -0.2) is 50.2 Å². The minimum Gasteiger partial charge on any atom is -0.479 e. The fourth-order valence-electron chi connectivity index (χ4n) is 4.03. The zero-order chi connectivity index (χ0) is 22.9. The number of carboxylic acids is 1. The molecule has 4 rings (SSSR count). The highest BCUT2D eigenvalue weighted by Gasteiger charge is 2.30. The molecule has 0 radical (unpaired) electrons. The number of benzene rings is 1. The second kappa shape index (κ2) is 8.92. The Hall–Kier alpha value is -2.90. The number of hydrogen-bond acceptors (Lipinski definition) is 4. The molecule has 0 saturated heterocycles. The number of hydrogen-bond donors (Lipinski definition) is 1. The van der Waals surface area contributed by atoms with Crippen molar-refractivity contribution in [2.75, 3.05) is 13.2 Å². The van der Waals surface area contributed by atoms with Crippen molar-refractivity contribution < 1.29 is 19.4 Å². The number of rotatable bonds is 7. The van der Waals surface area contributed by atoms with Crippen LogP contribution in [-0.2, 0) is 33.8 Å². The quantitative estimate of drug-likeness (QED) is 0.584. The van der Waals surface area contributed by atoms with Crippen molar-refractivity contribution in [3.05, 3.63) is 64.4 Å². The largest absolute Gasteiger partial charge is 0.479 e. The van der Waals surface area contributed by atoms with Gasteiger partial charge in [-0.25, -0.2) is 9.78 Å². The van der Waals surface area contributed by atoms with Gasteiger partial charge in [0.1, 0.15) is 5.65 Å². The molecular weight excluding hydrogens is 430 g/mol. The van der Waals surface area contributed by atoms with Crippen LogP contribution in [0.2, 0.25) is 5.02 Å². The van der Waals surface area contributed by atoms with Crippen LogP contribution in [0.5, 0.6) is 0 Å². The van der Waals surface area contributed by atoms with Crippen molar-refractivity contribution in [1.29, 1.82) is 0 Å². The van der Waals surface area contributed by atoms with Crippen molar-refractivity contribution in [2.24, 2.45) is 0 Å². The Kier molecular flexibility index (Phi) is 6.22. The lowest BCUT2D eigenvalue weighted by molar-refractivity contribution is -0.162. The van der Waals surface area contributed by atoms with Crippen LogP contribution < -0.4 is 0 Å². The lowest BCUT2D eigenvalue weighted by Gasteiger charge is -2.29. The minimum absolute atomic E-state index is 0.0481. The molecule has 1 aliphatic heterocycles. The standard InChI is InChI=1S/C24H26ClN3O4/c1-24(2,23(30)31)32-13-10-21(29)27-12-9-18-19-4-3-11-26-22(19)28(20(18)15-27)14-16-5-7-17(25)8-6-16/h3-8,11H,9-10,12-15H2,1-2H3,(H,30,31). The first-order chi connectivity index (χ1) is 15.3. The van der Waals surface area contributed by atoms with Gasteiger partial charge in [0, 0.05) is 35.4 Å². The average Bonchev–Trinajstić information content (AvgIpc) is 3.08. The van der Waals surface area contributed by atoms with Crippen LogP contribution in [0.15, 0.2) is 42.6 Å². The molecule has 32 heavy (non-hydrogen) atoms. The van der Waals surface area contributed by atoms with Crippen molar-refractivity contribution in [1.82, 2.24) is 14.5 Å². The summed E-state index contributed by atoms with van der Waals surface area (Å²) in [4.78, 5) is 30.5. The van der Waals surface area contributed by atoms with E-state index in [4.69, 9.17) is 21.4 Å². The zero-order valence-corrected chi connectivity index (χ0v) is 18.9. The number of pyridine rings is 1. The van der Waals surface area contributed by atoms with Gasteiger partial charge in [0.2, 0.25) is 5.91 Å². The Labute approximate surface area is 191 Å². The Morgan fingerprint density at radius 2 is 1.97 bits per heavy atom. The molecular formula is C24H26ClN3O4. The highest BCUT2D eigenvalue weighted by molar-refractivity contribution is 6.30. The van der Waals surface area contributed by atoms with Crippen LogP contribution in [0, 0.1) is 0 Å². The third kappa shape index (κ3) is 4.49. The van der Waals surface area contributed by atoms with Gasteiger partial charge in [-0.2, -0.15) is 0 Å². The number of carboxylic acid groups (broad SMARTS) is 1. The van der Waals surface area contributed by atoms with E-state index in [9.17, 15) is 9.59 Å². The van der Waals surface area contributed by atoms with Gasteiger partial charge in [0.25, 0.3) is 0 Å². The maximum Gasteiger partial charge on any atom is 0.335 e. The summed E-state index contributed by atoms with van der Waals surface area (Å²) in [6.45, 7) is 4.77. The lowest BCUT2D eigenvalue weighted by Crippen LogP contribution is -2.39. The summed E-state index contributed by atoms with van der Waals surface area (Å²) >= 11 is 6.04. The van der Waals surface area contributed by atoms with Gasteiger partial charge in [-0.1, -0.05) is 23.7 Å². The number of nitrogens with zero attached hydrogens (tertiary/aromatic N) is 3. The molecule has 3 heterocycles. The molecule has 0 aliphatic carbocycles. The molecule has 1 N–H and O–H groups in total. The van der Waals surface area contributed by atoms with Gasteiger partial charge in [-0.3, -0.25) is 4.79 Å². The van der Waals surface area contributed by atoms with Crippen molar-refractivity contribution in [3.8, 4) is 0 Å². The predicted molar refractivity (Wildman–Crippen MR) is 122 cm³/mol. The van der Waals surface area contributed by atoms with E-state index in [1.807, 2.05) is 35.2 Å². The summed E-state index contributed by atoms with van der Waals surface area (Å²) < 4.78 is 7.59. The number of amides is 1. The normalized spacial score (nSPS) is 13.9. The topological polar surface area (TPSA) is 84.7 Å². The highest BCUT2D eigenvalue weighted by Crippen LogP contribution is 2.31. The van der Waals surface area contributed by atoms with Gasteiger partial charge >= 0.3 is 5.97 Å². The summed E-state index contributed by atoms with van der Waals surface area (Å²) in [5.41, 5.74) is 3.02. The molecule has 0 bridgehead atoms. The summed E-state index contributed by atoms with van der Waals surface area (Å²) in [7, 11) is 0. The Morgan fingerprint density at radius 1 is 1.22 bits per heavy atom. The van der Waals surface area contributed by atoms with E-state index in [0.717, 1.165) is 28.7 Å². The number of aliphatic carboxylic acids is 1. The van der Waals surface area contributed by atoms with Crippen LogP contribution in [0.3, 0.4) is 0 Å². The SMILES string of the molecule is CC(C)(OCCC(=O)N1CCc2c(n(Cc3ccc(Cl)cc3)c3ncccc23)C1)C(=O)O. The zero-order valence-electron chi connectivity index (χ0n) is 18.2. The van der Waals surface area contributed by atoms with E-state index in [1.54, 1.807) is 6.20 Å². The predicted octanol–water partition coefficient (Wildman–Crippen LogP) is 3.89. The van der Waals surface area contributed by atoms with E-state index < -0.39 is 11.6 Å². The first kappa shape index (κ1) is 22.3. The van der Waals surface area contributed by atoms with Crippen molar-refractivity contribution >= 4 is 34.5 Å². The lowest BCUT2D eigenvalue weighted by atomic mass is 10.0. The molecule has 0 fully saturated rings. The maximum absolute atomic E-state index is 12.8. The number of fused-ring (bicyclic) bond motifs is 3. The van der Waals surface area contributed by atoms with Gasteiger partial charge in [0.05, 0.1) is 19.6 Å². The first-order valence-electron chi connectivity index (χ1n) is 10.6. The molecule has 8 heteroatoms. The van der Waals surface area contributed by atoms with Gasteiger partial charge in [-0.15, -0.1) is 0 Å². The first-order valence-corrected chi connectivity index (χ1v) is 11.0. The Bertz CT molecular complexity index is 1150. The molecule has 0 atom stereocenters. The molecule has 168 valence electrons. The summed E-state index contributed by atoms with van der Waals surface area (Å²) in [5.74, 6) is -1.10. The highest BCUT2D eigenvalue weighted by atomic mass is 35.5. The molecule has 0 saturated carbocycles. The van der Waals surface area contributed by atoms with Crippen LogP contribution in [0.25, 0.3) is 11.0 Å². The number of carbonyl (C=O) groups excluding carboxylic acids is 1. The van der Waals surface area contributed by atoms with Gasteiger partial charge in [0.15, 0.2) is 5.60 Å². The van der Waals surface area contributed by atoms with Gasteiger partial charge < -0.3 is 19.3 Å². The Morgan fingerprint density at radius 3 is 2.69 bits per heavy atom. The summed E-state index contributed by atoms with van der Waals surface area (Å²) in [6, 6.07) is 11.8. The number of carbonyl (C=O) groups is 2. The molecule has 1 aromatic carbocycles. The maximum atomic E-state index is 12.8. The van der Waals surface area contributed by atoms with E-state index in [1.165, 1.54) is 19.4 Å². The summed E-state index contributed by atoms with van der Waals surface area (Å²) in [6.07, 6.45) is 2.68. The Balaban J connectivity index is 1.55. The molecule has 0 spiro atoms. The van der Waals surface area contributed by atoms with Crippen LogP contribution >= 0.6 is 11.6 Å². The molecule has 0 unspecified atom stereocenters. The smallest absolute Gasteiger partial charge is 0.335 e. The van der Waals surface area contributed by atoms with Crippen LogP contribution in [0.4, 0.5) is 0 Å². The second-order valence-electron chi connectivity index (χ2n) is 8.49. The third-order valence-electron chi connectivity index (χ3n) is 5.91. The van der Waals surface area contributed by atoms with Gasteiger partial charge in [-0.05, 0) is 55.7 Å². The van der Waals surface area contributed by atoms with Crippen LogP contribution in [0.1, 0.15) is 37.1 Å².